The molecule has 0 aliphatic heterocycles. The first-order valence-electron chi connectivity index (χ1n) is 3.16. The van der Waals surface area contributed by atoms with Crippen molar-refractivity contribution in [2.75, 3.05) is 0 Å². The largest absolute Gasteiger partial charge is 0.511 e. The summed E-state index contributed by atoms with van der Waals surface area (Å²) in [6.45, 7) is -5.17. The molecule has 13 heavy (non-hydrogen) atoms. The van der Waals surface area contributed by atoms with Crippen molar-refractivity contribution in [3.05, 3.63) is 27.2 Å². The zero-order chi connectivity index (χ0) is 10.2. The monoisotopic (exact) mass is 247 g/mol. The molecule has 1 aromatic rings. The van der Waals surface area contributed by atoms with E-state index in [1.807, 2.05) is 0 Å². The lowest BCUT2D eigenvalue weighted by Gasteiger charge is -2.17. The highest BCUT2D eigenvalue weighted by molar-refractivity contribution is 6.76. The van der Waals surface area contributed by atoms with Crippen LogP contribution >= 0.6 is 34.8 Å². The van der Waals surface area contributed by atoms with Crippen LogP contribution in [0.4, 0.5) is 12.9 Å². The van der Waals surface area contributed by atoms with E-state index in [1.54, 1.807) is 0 Å². The maximum atomic E-state index is 12.3. The molecule has 72 valence electrons. The van der Waals surface area contributed by atoms with Crippen molar-refractivity contribution < 1.29 is 12.9 Å². The molecule has 0 unspecified atom stereocenters. The quantitative estimate of drug-likeness (QED) is 0.525. The molecule has 0 nitrogen and oxygen atoms in total. The van der Waals surface area contributed by atoms with Gasteiger partial charge in [-0.2, -0.15) is 0 Å². The minimum atomic E-state index is -5.17. The van der Waals surface area contributed by atoms with Crippen LogP contribution in [0.3, 0.4) is 0 Å². The molecular weight excluding hydrogens is 246 g/mol. The molecular formula is C6H2BCl3F3-. The molecule has 0 saturated heterocycles. The number of hydrogen-bond donors (Lipinski definition) is 0. The summed E-state index contributed by atoms with van der Waals surface area (Å²) >= 11 is 16.2. The summed E-state index contributed by atoms with van der Waals surface area (Å²) in [5.41, 5.74) is -0.959. The fraction of sp³-hybridized carbons (Fsp3) is 0. The van der Waals surface area contributed by atoms with Crippen LogP contribution in [0.2, 0.25) is 15.1 Å². The molecule has 0 amide bonds. The summed E-state index contributed by atoms with van der Waals surface area (Å²) in [5, 5.41) is -0.773. The van der Waals surface area contributed by atoms with Gasteiger partial charge in [0.2, 0.25) is 0 Å². The van der Waals surface area contributed by atoms with Crippen LogP contribution in [0.25, 0.3) is 0 Å². The minimum Gasteiger partial charge on any atom is -0.445 e. The summed E-state index contributed by atoms with van der Waals surface area (Å²) in [6.07, 6.45) is 0. The van der Waals surface area contributed by atoms with Crippen LogP contribution in [-0.4, -0.2) is 6.98 Å². The fourth-order valence-electron chi connectivity index (χ4n) is 0.814. The fourth-order valence-corrected chi connectivity index (χ4v) is 1.56. The Hall–Kier alpha value is -0.0551. The molecule has 0 N–H and O–H groups in total. The van der Waals surface area contributed by atoms with Crippen LogP contribution in [0.15, 0.2) is 12.1 Å². The second kappa shape index (κ2) is 3.60. The third-order valence-corrected chi connectivity index (χ3v) is 2.41. The lowest BCUT2D eigenvalue weighted by molar-refractivity contribution is 0.501. The van der Waals surface area contributed by atoms with Crippen LogP contribution < -0.4 is 5.46 Å². The van der Waals surface area contributed by atoms with Gasteiger partial charge in [-0.15, -0.1) is 0 Å². The highest BCUT2D eigenvalue weighted by Gasteiger charge is 2.29. The zero-order valence-electron chi connectivity index (χ0n) is 6.00. The SMILES string of the molecule is F[B-](F)(F)c1cc(Cl)cc(Cl)c1Cl. The van der Waals surface area contributed by atoms with E-state index in [1.165, 1.54) is 0 Å². The second-order valence-electron chi connectivity index (χ2n) is 2.37. The van der Waals surface area contributed by atoms with Crippen molar-refractivity contribution in [3.63, 3.8) is 0 Å². The van der Waals surface area contributed by atoms with E-state index in [2.05, 4.69) is 0 Å². The summed E-state index contributed by atoms with van der Waals surface area (Å²) in [5.74, 6) is 0. The first-order valence-corrected chi connectivity index (χ1v) is 4.30. The highest BCUT2D eigenvalue weighted by Crippen LogP contribution is 2.27. The Morgan fingerprint density at radius 1 is 1.00 bits per heavy atom. The van der Waals surface area contributed by atoms with Crippen LogP contribution in [-0.2, 0) is 0 Å². The van der Waals surface area contributed by atoms with Crippen molar-refractivity contribution >= 4 is 47.2 Å². The molecule has 0 aromatic heterocycles. The average molecular weight is 248 g/mol. The first kappa shape index (κ1) is 11.0. The summed E-state index contributed by atoms with van der Waals surface area (Å²) in [7, 11) is 0. The van der Waals surface area contributed by atoms with Gasteiger partial charge in [-0.05, 0) is 6.07 Å². The summed E-state index contributed by atoms with van der Waals surface area (Å²) in [6, 6.07) is 1.92. The molecule has 0 aliphatic rings. The predicted molar refractivity (Wildman–Crippen MR) is 50.2 cm³/mol. The van der Waals surface area contributed by atoms with E-state index in [0.29, 0.717) is 0 Å². The molecule has 7 heteroatoms. The van der Waals surface area contributed by atoms with Gasteiger partial charge in [-0.3, -0.25) is 0 Å². The van der Waals surface area contributed by atoms with Crippen molar-refractivity contribution in [3.8, 4) is 0 Å². The molecule has 0 aliphatic carbocycles. The number of halogens is 6. The molecule has 0 atom stereocenters. The smallest absolute Gasteiger partial charge is 0.445 e. The van der Waals surface area contributed by atoms with Crippen molar-refractivity contribution in [2.24, 2.45) is 0 Å². The maximum Gasteiger partial charge on any atom is 0.511 e. The Bertz CT molecular complexity index is 337. The molecule has 0 saturated carbocycles. The molecule has 0 bridgehead atoms. The third-order valence-electron chi connectivity index (χ3n) is 1.37. The molecule has 0 heterocycles. The molecule has 0 spiro atoms. The predicted octanol–water partition coefficient (Wildman–Crippen LogP) is 3.70. The van der Waals surface area contributed by atoms with Gasteiger partial charge in [0.25, 0.3) is 0 Å². The number of rotatable bonds is 1. The molecule has 1 rings (SSSR count). The summed E-state index contributed by atoms with van der Waals surface area (Å²) < 4.78 is 36.8. The lowest BCUT2D eigenvalue weighted by Crippen LogP contribution is -2.35. The number of benzene rings is 1. The van der Waals surface area contributed by atoms with E-state index in [9.17, 15) is 12.9 Å². The van der Waals surface area contributed by atoms with E-state index in [4.69, 9.17) is 34.8 Å². The topological polar surface area (TPSA) is 0 Å². The Kier molecular flexibility index (Phi) is 3.05. The Morgan fingerprint density at radius 2 is 1.54 bits per heavy atom. The zero-order valence-corrected chi connectivity index (χ0v) is 8.27. The average Bonchev–Trinajstić information content (AvgIpc) is 1.94. The van der Waals surface area contributed by atoms with Gasteiger partial charge < -0.3 is 12.9 Å². The minimum absolute atomic E-state index is 0.0800. The lowest BCUT2D eigenvalue weighted by atomic mass is 9.80. The van der Waals surface area contributed by atoms with Gasteiger partial charge in [-0.1, -0.05) is 46.3 Å². The van der Waals surface area contributed by atoms with Crippen LogP contribution in [0, 0.1) is 0 Å². The van der Waals surface area contributed by atoms with Gasteiger partial charge in [-0.25, -0.2) is 0 Å². The Labute approximate surface area is 87.6 Å². The Balaban J connectivity index is 3.37. The van der Waals surface area contributed by atoms with Crippen molar-refractivity contribution in [1.82, 2.24) is 0 Å². The standard InChI is InChI=1S/C6H2BCl3F3/c8-3-1-4(7(11,12)13)6(10)5(9)2-3/h1-2H/q-1. The van der Waals surface area contributed by atoms with Crippen molar-refractivity contribution in [1.29, 1.82) is 0 Å². The van der Waals surface area contributed by atoms with E-state index in [0.717, 1.165) is 12.1 Å². The number of hydrogen-bond acceptors (Lipinski definition) is 0. The highest BCUT2D eigenvalue weighted by atomic mass is 35.5. The van der Waals surface area contributed by atoms with Crippen LogP contribution in [0.1, 0.15) is 0 Å². The van der Waals surface area contributed by atoms with Crippen LogP contribution in [0.5, 0.6) is 0 Å². The third kappa shape index (κ3) is 2.45. The Morgan fingerprint density at radius 3 is 2.00 bits per heavy atom. The first-order chi connectivity index (χ1) is 5.82. The van der Waals surface area contributed by atoms with E-state index < -0.39 is 17.5 Å². The van der Waals surface area contributed by atoms with Crippen molar-refractivity contribution in [2.45, 2.75) is 0 Å². The van der Waals surface area contributed by atoms with Gasteiger partial charge in [0.05, 0.1) is 5.02 Å². The van der Waals surface area contributed by atoms with E-state index >= 15 is 0 Å². The maximum absolute atomic E-state index is 12.3. The van der Waals surface area contributed by atoms with Gasteiger partial charge in [0, 0.05) is 10.0 Å². The van der Waals surface area contributed by atoms with Gasteiger partial charge >= 0.3 is 6.98 Å². The molecule has 0 radical (unpaired) electrons. The van der Waals surface area contributed by atoms with Gasteiger partial charge in [0.1, 0.15) is 0 Å². The molecule has 1 aromatic carbocycles. The molecule has 0 fully saturated rings. The van der Waals surface area contributed by atoms with Gasteiger partial charge in [0.15, 0.2) is 0 Å². The summed E-state index contributed by atoms with van der Waals surface area (Å²) in [4.78, 5) is 0. The normalized spacial score (nSPS) is 11.8. The second-order valence-corrected chi connectivity index (χ2v) is 3.59. The van der Waals surface area contributed by atoms with E-state index in [-0.39, 0.29) is 10.0 Å².